The molecule has 0 unspecified atom stereocenters. The van der Waals surface area contributed by atoms with E-state index >= 15 is 0 Å². The number of nitrogens with one attached hydrogen (secondary N) is 1. The van der Waals surface area contributed by atoms with E-state index in [2.05, 4.69) is 5.32 Å². The maximum atomic E-state index is 12.4. The minimum absolute atomic E-state index is 0.0224. The lowest BCUT2D eigenvalue weighted by atomic mass is 10.1. The lowest BCUT2D eigenvalue weighted by molar-refractivity contribution is -0.130. The number of amides is 2. The van der Waals surface area contributed by atoms with Crippen LogP contribution in [0.15, 0.2) is 42.5 Å². The zero-order valence-corrected chi connectivity index (χ0v) is 15.2. The molecule has 26 heavy (non-hydrogen) atoms. The molecule has 3 rings (SSSR count). The molecule has 2 aromatic rings. The molecule has 1 aliphatic rings. The van der Waals surface area contributed by atoms with Crippen molar-refractivity contribution in [2.24, 2.45) is 5.92 Å². The van der Waals surface area contributed by atoms with Crippen LogP contribution in [0.5, 0.6) is 0 Å². The Morgan fingerprint density at radius 2 is 2.00 bits per heavy atom. The summed E-state index contributed by atoms with van der Waals surface area (Å²) in [5, 5.41) is 11.7. The second kappa shape index (κ2) is 7.70. The standard InChI is InChI=1S/C19H20N2O4S/c1-12(13-5-3-2-4-6-13)21-11-14(9-17(21)22)18(23)20-10-15-7-8-16(26-15)19(24)25/h2-8,12,14H,9-11H2,1H3,(H,20,23)(H,24,25)/t12-,14+/m1/s1. The first-order valence-corrected chi connectivity index (χ1v) is 9.21. The van der Waals surface area contributed by atoms with Crippen LogP contribution >= 0.6 is 11.3 Å². The van der Waals surface area contributed by atoms with E-state index in [0.29, 0.717) is 6.54 Å². The number of carbonyl (C=O) groups excluding carboxylic acids is 2. The van der Waals surface area contributed by atoms with Gasteiger partial charge in [-0.2, -0.15) is 0 Å². The number of hydrogen-bond acceptors (Lipinski definition) is 4. The van der Waals surface area contributed by atoms with Crippen LogP contribution in [0.25, 0.3) is 0 Å². The molecule has 2 amide bonds. The predicted octanol–water partition coefficient (Wildman–Crippen LogP) is 2.67. The quantitative estimate of drug-likeness (QED) is 0.816. The van der Waals surface area contributed by atoms with Crippen molar-refractivity contribution >= 4 is 29.1 Å². The molecule has 1 aliphatic heterocycles. The van der Waals surface area contributed by atoms with E-state index < -0.39 is 5.97 Å². The van der Waals surface area contributed by atoms with E-state index in [4.69, 9.17) is 5.11 Å². The van der Waals surface area contributed by atoms with Gasteiger partial charge in [-0.05, 0) is 24.6 Å². The number of thiophene rings is 1. The van der Waals surface area contributed by atoms with Crippen molar-refractivity contribution in [1.82, 2.24) is 10.2 Å². The van der Waals surface area contributed by atoms with Gasteiger partial charge in [0.15, 0.2) is 0 Å². The summed E-state index contributed by atoms with van der Waals surface area (Å²) in [7, 11) is 0. The van der Waals surface area contributed by atoms with Gasteiger partial charge in [0.25, 0.3) is 0 Å². The van der Waals surface area contributed by atoms with Crippen molar-refractivity contribution in [2.75, 3.05) is 6.54 Å². The maximum Gasteiger partial charge on any atom is 0.345 e. The average molecular weight is 372 g/mol. The number of carboxylic acid groups (broad SMARTS) is 1. The zero-order valence-electron chi connectivity index (χ0n) is 14.3. The summed E-state index contributed by atoms with van der Waals surface area (Å²) in [6, 6.07) is 12.9. The molecule has 0 bridgehead atoms. The van der Waals surface area contributed by atoms with Gasteiger partial charge >= 0.3 is 5.97 Å². The second-order valence-corrected chi connectivity index (χ2v) is 7.49. The van der Waals surface area contributed by atoms with E-state index in [-0.39, 0.29) is 41.6 Å². The van der Waals surface area contributed by atoms with Crippen molar-refractivity contribution in [3.05, 3.63) is 57.8 Å². The highest BCUT2D eigenvalue weighted by Gasteiger charge is 2.36. The molecule has 0 spiro atoms. The molecule has 2 N–H and O–H groups in total. The third-order valence-electron chi connectivity index (χ3n) is 4.59. The highest BCUT2D eigenvalue weighted by atomic mass is 32.1. The Morgan fingerprint density at radius 1 is 1.27 bits per heavy atom. The minimum Gasteiger partial charge on any atom is -0.477 e. The van der Waals surface area contributed by atoms with Gasteiger partial charge in [-0.15, -0.1) is 11.3 Å². The third-order valence-corrected chi connectivity index (χ3v) is 5.66. The van der Waals surface area contributed by atoms with Crippen LogP contribution < -0.4 is 5.32 Å². The highest BCUT2D eigenvalue weighted by Crippen LogP contribution is 2.28. The molecule has 6 nitrogen and oxygen atoms in total. The van der Waals surface area contributed by atoms with Gasteiger partial charge in [0.2, 0.25) is 11.8 Å². The molecule has 7 heteroatoms. The summed E-state index contributed by atoms with van der Waals surface area (Å²) in [4.78, 5) is 38.4. The normalized spacial score (nSPS) is 18.0. The molecule has 1 aromatic carbocycles. The Bertz CT molecular complexity index is 818. The number of carbonyl (C=O) groups is 3. The third kappa shape index (κ3) is 3.94. The first-order valence-electron chi connectivity index (χ1n) is 8.40. The predicted molar refractivity (Wildman–Crippen MR) is 97.8 cm³/mol. The van der Waals surface area contributed by atoms with Gasteiger partial charge in [0.05, 0.1) is 18.5 Å². The fourth-order valence-corrected chi connectivity index (χ4v) is 3.89. The van der Waals surface area contributed by atoms with Gasteiger partial charge in [0.1, 0.15) is 4.88 Å². The summed E-state index contributed by atoms with van der Waals surface area (Å²) < 4.78 is 0. The van der Waals surface area contributed by atoms with Crippen LogP contribution in [0, 0.1) is 5.92 Å². The molecule has 1 fully saturated rings. The second-order valence-electron chi connectivity index (χ2n) is 6.32. The number of rotatable bonds is 6. The molecule has 0 saturated carbocycles. The number of carboxylic acids is 1. The van der Waals surface area contributed by atoms with Gasteiger partial charge in [-0.1, -0.05) is 30.3 Å². The number of benzene rings is 1. The van der Waals surface area contributed by atoms with E-state index in [9.17, 15) is 14.4 Å². The van der Waals surface area contributed by atoms with Gasteiger partial charge in [0, 0.05) is 17.8 Å². The molecule has 2 heterocycles. The number of aromatic carboxylic acids is 1. The fourth-order valence-electron chi connectivity index (χ4n) is 3.10. The fraction of sp³-hybridized carbons (Fsp3) is 0.316. The van der Waals surface area contributed by atoms with Crippen LogP contribution in [0.3, 0.4) is 0 Å². The van der Waals surface area contributed by atoms with Crippen LogP contribution in [0.4, 0.5) is 0 Å². The number of hydrogen-bond donors (Lipinski definition) is 2. The Hall–Kier alpha value is -2.67. The largest absolute Gasteiger partial charge is 0.477 e. The van der Waals surface area contributed by atoms with Gasteiger partial charge in [-0.3, -0.25) is 9.59 Å². The van der Waals surface area contributed by atoms with Gasteiger partial charge < -0.3 is 15.3 Å². The highest BCUT2D eigenvalue weighted by molar-refractivity contribution is 7.13. The lowest BCUT2D eigenvalue weighted by Gasteiger charge is -2.25. The van der Waals surface area contributed by atoms with Crippen molar-refractivity contribution in [2.45, 2.75) is 25.9 Å². The molecular weight excluding hydrogens is 352 g/mol. The van der Waals surface area contributed by atoms with Gasteiger partial charge in [-0.25, -0.2) is 4.79 Å². The first kappa shape index (κ1) is 18.1. The van der Waals surface area contributed by atoms with Crippen LogP contribution in [0.2, 0.25) is 0 Å². The first-order chi connectivity index (χ1) is 12.5. The SMILES string of the molecule is C[C@H](c1ccccc1)N1C[C@@H](C(=O)NCc2ccc(C(=O)O)s2)CC1=O. The molecule has 0 radical (unpaired) electrons. The monoisotopic (exact) mass is 372 g/mol. The molecule has 1 aromatic heterocycles. The van der Waals surface area contributed by atoms with Crippen molar-refractivity contribution in [1.29, 1.82) is 0 Å². The van der Waals surface area contributed by atoms with E-state index in [1.165, 1.54) is 6.07 Å². The smallest absolute Gasteiger partial charge is 0.345 e. The summed E-state index contributed by atoms with van der Waals surface area (Å²) in [6.45, 7) is 2.63. The average Bonchev–Trinajstić information content (AvgIpc) is 3.27. The number of likely N-dealkylation sites (tertiary alicyclic amines) is 1. The lowest BCUT2D eigenvalue weighted by Crippen LogP contribution is -2.33. The summed E-state index contributed by atoms with van der Waals surface area (Å²) in [6.07, 6.45) is 0.202. The molecule has 2 atom stereocenters. The van der Waals surface area contributed by atoms with Crippen molar-refractivity contribution in [3.63, 3.8) is 0 Å². The Kier molecular flexibility index (Phi) is 5.37. The van der Waals surface area contributed by atoms with E-state index in [0.717, 1.165) is 21.8 Å². The van der Waals surface area contributed by atoms with Crippen LogP contribution in [-0.2, 0) is 16.1 Å². The van der Waals surface area contributed by atoms with Crippen molar-refractivity contribution in [3.8, 4) is 0 Å². The summed E-state index contributed by atoms with van der Waals surface area (Å²) in [5.41, 5.74) is 1.04. The van der Waals surface area contributed by atoms with E-state index in [1.54, 1.807) is 11.0 Å². The minimum atomic E-state index is -0.973. The van der Waals surface area contributed by atoms with Crippen molar-refractivity contribution < 1.29 is 19.5 Å². The Morgan fingerprint density at radius 3 is 2.65 bits per heavy atom. The Balaban J connectivity index is 1.57. The zero-order chi connectivity index (χ0) is 18.7. The molecule has 1 saturated heterocycles. The topological polar surface area (TPSA) is 86.7 Å². The van der Waals surface area contributed by atoms with Crippen LogP contribution in [0.1, 0.15) is 39.5 Å². The molecule has 0 aliphatic carbocycles. The molecule has 136 valence electrons. The summed E-state index contributed by atoms with van der Waals surface area (Å²) >= 11 is 1.14. The number of nitrogens with zero attached hydrogens (tertiary/aromatic N) is 1. The van der Waals surface area contributed by atoms with Crippen LogP contribution in [-0.4, -0.2) is 34.3 Å². The van der Waals surface area contributed by atoms with E-state index in [1.807, 2.05) is 37.3 Å². The Labute approximate surface area is 155 Å². The summed E-state index contributed by atoms with van der Waals surface area (Å²) in [5.74, 6) is -1.55. The molecular formula is C19H20N2O4S. The maximum absolute atomic E-state index is 12.4.